The normalized spacial score (nSPS) is 12.4. The summed E-state index contributed by atoms with van der Waals surface area (Å²) in [6.07, 6.45) is 3.95. The van der Waals surface area contributed by atoms with Crippen molar-refractivity contribution in [3.8, 4) is 0 Å². The Morgan fingerprint density at radius 1 is 1.03 bits per heavy atom. The predicted octanol–water partition coefficient (Wildman–Crippen LogP) is 6.65. The number of hydrogen-bond acceptors (Lipinski definition) is 6. The molecule has 188 valence electrons. The van der Waals surface area contributed by atoms with Gasteiger partial charge < -0.3 is 20.7 Å². The molecule has 36 heavy (non-hydrogen) atoms. The number of hydrogen-bond donors (Lipinski definition) is 3. The summed E-state index contributed by atoms with van der Waals surface area (Å²) in [7, 11) is 0. The molecular weight excluding hydrogens is 511 g/mol. The lowest BCUT2D eigenvalue weighted by atomic mass is 9.95. The van der Waals surface area contributed by atoms with Gasteiger partial charge in [0.1, 0.15) is 5.00 Å². The highest BCUT2D eigenvalue weighted by Gasteiger charge is 2.27. The minimum Gasteiger partial charge on any atom is -0.462 e. The maximum Gasteiger partial charge on any atom is 0.341 e. The van der Waals surface area contributed by atoms with Crippen molar-refractivity contribution in [2.45, 2.75) is 44.4 Å². The van der Waals surface area contributed by atoms with Crippen molar-refractivity contribution in [2.24, 2.45) is 0 Å². The van der Waals surface area contributed by atoms with E-state index in [2.05, 4.69) is 16.0 Å². The predicted molar refractivity (Wildman–Crippen MR) is 154 cm³/mol. The Morgan fingerprint density at radius 3 is 2.56 bits per heavy atom. The number of thiocarbonyl (C=S) groups is 1. The molecule has 3 aromatic rings. The first-order valence-corrected chi connectivity index (χ1v) is 14.1. The molecule has 1 aromatic heterocycles. The van der Waals surface area contributed by atoms with E-state index in [9.17, 15) is 9.59 Å². The second-order valence-corrected chi connectivity index (χ2v) is 11.0. The summed E-state index contributed by atoms with van der Waals surface area (Å²) < 4.78 is 5.28. The maximum absolute atomic E-state index is 12.8. The molecule has 2 aromatic carbocycles. The summed E-state index contributed by atoms with van der Waals surface area (Å²) in [5, 5.41) is 10.4. The zero-order valence-electron chi connectivity index (χ0n) is 20.3. The second-order valence-electron chi connectivity index (χ2n) is 8.45. The van der Waals surface area contributed by atoms with Gasteiger partial charge in [-0.1, -0.05) is 23.8 Å². The van der Waals surface area contributed by atoms with E-state index in [4.69, 9.17) is 17.0 Å². The minimum absolute atomic E-state index is 0.154. The number of anilines is 3. The molecule has 3 N–H and O–H groups in total. The lowest BCUT2D eigenvalue weighted by Gasteiger charge is -2.12. The third kappa shape index (κ3) is 6.87. The lowest BCUT2D eigenvalue weighted by Crippen LogP contribution is -2.19. The van der Waals surface area contributed by atoms with E-state index in [-0.39, 0.29) is 17.6 Å². The molecule has 0 aliphatic heterocycles. The molecular formula is C27H29N3O3S3. The third-order valence-electron chi connectivity index (χ3n) is 5.68. The monoisotopic (exact) mass is 539 g/mol. The van der Waals surface area contributed by atoms with Crippen LogP contribution in [0.25, 0.3) is 0 Å². The van der Waals surface area contributed by atoms with Crippen LogP contribution >= 0.6 is 35.3 Å². The van der Waals surface area contributed by atoms with Gasteiger partial charge in [0.15, 0.2) is 5.11 Å². The molecule has 0 unspecified atom stereocenters. The first kappa shape index (κ1) is 26.2. The van der Waals surface area contributed by atoms with Crippen LogP contribution in [0.1, 0.15) is 46.1 Å². The van der Waals surface area contributed by atoms with Gasteiger partial charge in [-0.3, -0.25) is 4.79 Å². The molecule has 1 amide bonds. The number of nitrogens with one attached hydrogen (secondary N) is 3. The van der Waals surface area contributed by atoms with Crippen LogP contribution in [-0.4, -0.2) is 29.3 Å². The average molecular weight is 540 g/mol. The van der Waals surface area contributed by atoms with Gasteiger partial charge in [-0.15, -0.1) is 23.1 Å². The number of rotatable bonds is 8. The molecule has 6 nitrogen and oxygen atoms in total. The fourth-order valence-corrected chi connectivity index (χ4v) is 6.26. The Bertz CT molecular complexity index is 1250. The molecule has 0 saturated carbocycles. The third-order valence-corrected chi connectivity index (χ3v) is 8.08. The number of ether oxygens (including phenoxy) is 1. The molecule has 9 heteroatoms. The number of carbonyl (C=O) groups excluding carboxylic acids is 2. The number of fused-ring (bicyclic) bond motifs is 1. The van der Waals surface area contributed by atoms with Crippen LogP contribution < -0.4 is 16.0 Å². The van der Waals surface area contributed by atoms with Gasteiger partial charge in [0.05, 0.1) is 17.9 Å². The van der Waals surface area contributed by atoms with Crippen LogP contribution in [0, 0.1) is 6.92 Å². The summed E-state index contributed by atoms with van der Waals surface area (Å²) in [6, 6.07) is 15.8. The van der Waals surface area contributed by atoms with Crippen LogP contribution in [0.4, 0.5) is 16.4 Å². The van der Waals surface area contributed by atoms with Gasteiger partial charge >= 0.3 is 5.97 Å². The summed E-state index contributed by atoms with van der Waals surface area (Å²) in [6.45, 7) is 4.14. The van der Waals surface area contributed by atoms with Crippen molar-refractivity contribution in [3.05, 3.63) is 70.1 Å². The van der Waals surface area contributed by atoms with Crippen LogP contribution in [0.2, 0.25) is 0 Å². The van der Waals surface area contributed by atoms with E-state index in [0.717, 1.165) is 47.5 Å². The van der Waals surface area contributed by atoms with Crippen LogP contribution in [0.5, 0.6) is 0 Å². The molecule has 1 aliphatic rings. The van der Waals surface area contributed by atoms with Crippen LogP contribution in [0.3, 0.4) is 0 Å². The number of carbonyl (C=O) groups is 2. The van der Waals surface area contributed by atoms with Gasteiger partial charge in [0.2, 0.25) is 5.91 Å². The van der Waals surface area contributed by atoms with E-state index < -0.39 is 0 Å². The molecule has 0 atom stereocenters. The standard InChI is InChI=1S/C27H29N3O3S3/c1-3-33-26(32)24-21-9-4-5-10-22(21)36-25(24)30-23(31)16-35-20-8-6-7-19(15-20)29-27(34)28-18-13-11-17(2)12-14-18/h6-8,11-15H,3-5,9-10,16H2,1-2H3,(H,30,31)(H2,28,29,34). The Labute approximate surface area is 225 Å². The molecule has 0 radical (unpaired) electrons. The zero-order chi connectivity index (χ0) is 25.5. The van der Waals surface area contributed by atoms with Crippen LogP contribution in [-0.2, 0) is 22.4 Å². The van der Waals surface area contributed by atoms with Crippen molar-refractivity contribution in [2.75, 3.05) is 28.3 Å². The molecule has 1 heterocycles. The van der Waals surface area contributed by atoms with E-state index >= 15 is 0 Å². The number of esters is 1. The fourth-order valence-electron chi connectivity index (χ4n) is 3.98. The topological polar surface area (TPSA) is 79.5 Å². The SMILES string of the molecule is CCOC(=O)c1c(NC(=O)CSc2cccc(NC(=S)Nc3ccc(C)cc3)c2)sc2c1CCCC2. The second kappa shape index (κ2) is 12.4. The van der Waals surface area contributed by atoms with Gasteiger partial charge in [-0.05, 0) is 87.6 Å². The number of thioether (sulfide) groups is 1. The van der Waals surface area contributed by atoms with E-state index in [1.807, 2.05) is 55.5 Å². The first-order chi connectivity index (χ1) is 17.4. The average Bonchev–Trinajstić information content (AvgIpc) is 3.22. The molecule has 4 rings (SSSR count). The summed E-state index contributed by atoms with van der Waals surface area (Å²) in [4.78, 5) is 27.5. The van der Waals surface area contributed by atoms with Crippen LogP contribution in [0.15, 0.2) is 53.4 Å². The highest BCUT2D eigenvalue weighted by Crippen LogP contribution is 2.38. The Hall–Kier alpha value is -2.88. The lowest BCUT2D eigenvalue weighted by molar-refractivity contribution is -0.113. The molecule has 0 bridgehead atoms. The molecule has 0 spiro atoms. The number of amides is 1. The van der Waals surface area contributed by atoms with Crippen molar-refractivity contribution in [3.63, 3.8) is 0 Å². The fraction of sp³-hybridized carbons (Fsp3) is 0.296. The number of aryl methyl sites for hydroxylation is 2. The van der Waals surface area contributed by atoms with Gasteiger partial charge in [0, 0.05) is 21.1 Å². The van der Waals surface area contributed by atoms with Crippen molar-refractivity contribution >= 4 is 68.7 Å². The summed E-state index contributed by atoms with van der Waals surface area (Å²) in [5.74, 6) is -0.284. The van der Waals surface area contributed by atoms with Gasteiger partial charge in [-0.2, -0.15) is 0 Å². The quantitative estimate of drug-likeness (QED) is 0.168. The summed E-state index contributed by atoms with van der Waals surface area (Å²) in [5.41, 5.74) is 4.51. The highest BCUT2D eigenvalue weighted by molar-refractivity contribution is 8.00. The molecule has 1 aliphatic carbocycles. The number of benzene rings is 2. The van der Waals surface area contributed by atoms with Crippen molar-refractivity contribution < 1.29 is 14.3 Å². The smallest absolute Gasteiger partial charge is 0.341 e. The van der Waals surface area contributed by atoms with Gasteiger partial charge in [0.25, 0.3) is 0 Å². The largest absolute Gasteiger partial charge is 0.462 e. The van der Waals surface area contributed by atoms with E-state index in [0.29, 0.717) is 22.3 Å². The Balaban J connectivity index is 1.35. The zero-order valence-corrected chi connectivity index (χ0v) is 22.8. The maximum atomic E-state index is 12.8. The molecule has 0 fully saturated rings. The summed E-state index contributed by atoms with van der Waals surface area (Å²) >= 11 is 8.36. The highest BCUT2D eigenvalue weighted by atomic mass is 32.2. The van der Waals surface area contributed by atoms with E-state index in [1.165, 1.54) is 33.5 Å². The van der Waals surface area contributed by atoms with E-state index in [1.54, 1.807) is 6.92 Å². The minimum atomic E-state index is -0.353. The first-order valence-electron chi connectivity index (χ1n) is 11.9. The molecule has 0 saturated heterocycles. The van der Waals surface area contributed by atoms with Crippen molar-refractivity contribution in [1.82, 2.24) is 0 Å². The Morgan fingerprint density at radius 2 is 1.78 bits per heavy atom. The van der Waals surface area contributed by atoms with Gasteiger partial charge in [-0.25, -0.2) is 4.79 Å². The Kier molecular flexibility index (Phi) is 9.01. The number of thiophene rings is 1. The van der Waals surface area contributed by atoms with Crippen molar-refractivity contribution in [1.29, 1.82) is 0 Å².